The topological polar surface area (TPSA) is 65.2 Å². The van der Waals surface area contributed by atoms with Gasteiger partial charge in [0.25, 0.3) is 0 Å². The molecule has 2 aliphatic carbocycles. The van der Waals surface area contributed by atoms with Crippen molar-refractivity contribution < 1.29 is 13.9 Å². The number of rotatable bonds is 2. The Balaban J connectivity index is 1.69. The van der Waals surface area contributed by atoms with Crippen LogP contribution in [0.4, 0.5) is 0 Å². The van der Waals surface area contributed by atoms with Gasteiger partial charge >= 0.3 is 11.9 Å². The SMILES string of the molecule is COC(=O)c1nnc(C2CCC3CCCCC3C2)o1. The predicted molar refractivity (Wildman–Crippen MR) is 67.7 cm³/mol. The summed E-state index contributed by atoms with van der Waals surface area (Å²) in [4.78, 5) is 11.3. The molecule has 5 heteroatoms. The van der Waals surface area contributed by atoms with Crippen molar-refractivity contribution in [2.24, 2.45) is 11.8 Å². The van der Waals surface area contributed by atoms with Gasteiger partial charge in [0.05, 0.1) is 7.11 Å². The molecule has 2 fully saturated rings. The zero-order chi connectivity index (χ0) is 13.2. The molecule has 0 spiro atoms. The first-order valence-electron chi connectivity index (χ1n) is 7.19. The second-order valence-electron chi connectivity index (χ2n) is 5.75. The molecule has 1 aromatic heterocycles. The molecule has 0 N–H and O–H groups in total. The summed E-state index contributed by atoms with van der Waals surface area (Å²) in [5, 5.41) is 7.80. The molecule has 2 aliphatic rings. The first kappa shape index (κ1) is 12.6. The fourth-order valence-electron chi connectivity index (χ4n) is 3.67. The standard InChI is InChI=1S/C14H20N2O3/c1-18-14(17)13-16-15-12(19-13)11-7-6-9-4-2-3-5-10(9)8-11/h9-11H,2-8H2,1H3. The molecular formula is C14H20N2O3. The molecule has 1 aromatic rings. The minimum Gasteiger partial charge on any atom is -0.462 e. The van der Waals surface area contributed by atoms with Gasteiger partial charge in [-0.25, -0.2) is 4.79 Å². The Labute approximate surface area is 112 Å². The lowest BCUT2D eigenvalue weighted by Gasteiger charge is -2.38. The number of hydrogen-bond donors (Lipinski definition) is 0. The minimum absolute atomic E-state index is 0.0248. The van der Waals surface area contributed by atoms with Crippen molar-refractivity contribution in [1.29, 1.82) is 0 Å². The van der Waals surface area contributed by atoms with Gasteiger partial charge in [-0.15, -0.1) is 10.2 Å². The lowest BCUT2D eigenvalue weighted by atomic mass is 9.67. The van der Waals surface area contributed by atoms with Crippen molar-refractivity contribution in [2.75, 3.05) is 7.11 Å². The van der Waals surface area contributed by atoms with Crippen LogP contribution in [0, 0.1) is 11.8 Å². The van der Waals surface area contributed by atoms with Crippen LogP contribution in [0.15, 0.2) is 4.42 Å². The number of hydrogen-bond acceptors (Lipinski definition) is 5. The van der Waals surface area contributed by atoms with Gasteiger partial charge in [-0.05, 0) is 31.1 Å². The minimum atomic E-state index is -0.551. The summed E-state index contributed by atoms with van der Waals surface area (Å²) in [7, 11) is 1.32. The molecule has 5 nitrogen and oxygen atoms in total. The van der Waals surface area contributed by atoms with E-state index in [9.17, 15) is 4.79 Å². The zero-order valence-corrected chi connectivity index (χ0v) is 11.3. The second kappa shape index (κ2) is 5.31. The molecule has 3 atom stereocenters. The summed E-state index contributed by atoms with van der Waals surface area (Å²) in [6.07, 6.45) is 8.94. The van der Waals surface area contributed by atoms with Gasteiger partial charge in [0.2, 0.25) is 5.89 Å². The van der Waals surface area contributed by atoms with E-state index in [1.54, 1.807) is 0 Å². The summed E-state index contributed by atoms with van der Waals surface area (Å²) in [5.74, 6) is 2.07. The van der Waals surface area contributed by atoms with Crippen molar-refractivity contribution in [3.05, 3.63) is 11.8 Å². The van der Waals surface area contributed by atoms with Crippen LogP contribution in [-0.4, -0.2) is 23.3 Å². The van der Waals surface area contributed by atoms with E-state index in [0.29, 0.717) is 11.8 Å². The van der Waals surface area contributed by atoms with Gasteiger partial charge in [-0.3, -0.25) is 0 Å². The molecule has 0 aliphatic heterocycles. The van der Waals surface area contributed by atoms with Crippen molar-refractivity contribution in [2.45, 2.75) is 50.9 Å². The number of fused-ring (bicyclic) bond motifs is 1. The van der Waals surface area contributed by atoms with E-state index in [-0.39, 0.29) is 5.89 Å². The zero-order valence-electron chi connectivity index (χ0n) is 11.3. The van der Waals surface area contributed by atoms with Crippen molar-refractivity contribution in [3.63, 3.8) is 0 Å². The highest BCUT2D eigenvalue weighted by Gasteiger charge is 2.35. The Morgan fingerprint density at radius 1 is 1.16 bits per heavy atom. The van der Waals surface area contributed by atoms with E-state index in [4.69, 9.17) is 4.42 Å². The first-order valence-corrected chi connectivity index (χ1v) is 7.19. The number of carbonyl (C=O) groups is 1. The van der Waals surface area contributed by atoms with Crippen molar-refractivity contribution >= 4 is 5.97 Å². The average molecular weight is 264 g/mol. The second-order valence-corrected chi connectivity index (χ2v) is 5.75. The Morgan fingerprint density at radius 3 is 2.74 bits per heavy atom. The maximum atomic E-state index is 11.3. The molecule has 0 amide bonds. The van der Waals surface area contributed by atoms with E-state index >= 15 is 0 Å². The smallest absolute Gasteiger partial charge is 0.396 e. The van der Waals surface area contributed by atoms with Crippen LogP contribution < -0.4 is 0 Å². The highest BCUT2D eigenvalue weighted by Crippen LogP contribution is 2.45. The summed E-state index contributed by atoms with van der Waals surface area (Å²) in [6, 6.07) is 0. The van der Waals surface area contributed by atoms with Gasteiger partial charge in [-0.1, -0.05) is 25.7 Å². The van der Waals surface area contributed by atoms with Gasteiger partial charge < -0.3 is 9.15 Å². The first-order chi connectivity index (χ1) is 9.28. The van der Waals surface area contributed by atoms with Crippen molar-refractivity contribution in [3.8, 4) is 0 Å². The van der Waals surface area contributed by atoms with E-state index in [2.05, 4.69) is 14.9 Å². The van der Waals surface area contributed by atoms with Gasteiger partial charge in [0, 0.05) is 5.92 Å². The third-order valence-corrected chi connectivity index (χ3v) is 4.69. The average Bonchev–Trinajstić information content (AvgIpc) is 2.95. The Bertz CT molecular complexity index is 457. The summed E-state index contributed by atoms with van der Waals surface area (Å²) < 4.78 is 10.0. The molecule has 104 valence electrons. The van der Waals surface area contributed by atoms with E-state index < -0.39 is 5.97 Å². The number of methoxy groups -OCH3 is 1. The largest absolute Gasteiger partial charge is 0.462 e. The van der Waals surface area contributed by atoms with E-state index in [1.165, 1.54) is 39.2 Å². The highest BCUT2D eigenvalue weighted by molar-refractivity contribution is 5.83. The number of aromatic nitrogens is 2. The maximum absolute atomic E-state index is 11.3. The number of carbonyl (C=O) groups excluding carboxylic acids is 1. The molecule has 3 unspecified atom stereocenters. The number of ether oxygens (including phenoxy) is 1. The Hall–Kier alpha value is -1.39. The molecule has 19 heavy (non-hydrogen) atoms. The Morgan fingerprint density at radius 2 is 1.95 bits per heavy atom. The molecular weight excluding hydrogens is 244 g/mol. The van der Waals surface area contributed by atoms with Gasteiger partial charge in [-0.2, -0.15) is 0 Å². The van der Waals surface area contributed by atoms with Gasteiger partial charge in [0.15, 0.2) is 0 Å². The fraction of sp³-hybridized carbons (Fsp3) is 0.786. The molecule has 2 saturated carbocycles. The third-order valence-electron chi connectivity index (χ3n) is 4.69. The van der Waals surface area contributed by atoms with E-state index in [0.717, 1.165) is 24.7 Å². The Kier molecular flexibility index (Phi) is 3.53. The van der Waals surface area contributed by atoms with Crippen LogP contribution in [0.1, 0.15) is 67.4 Å². The predicted octanol–water partition coefficient (Wildman–Crippen LogP) is 2.93. The van der Waals surface area contributed by atoms with Crippen molar-refractivity contribution in [1.82, 2.24) is 10.2 Å². The highest BCUT2D eigenvalue weighted by atomic mass is 16.5. The summed E-state index contributed by atoms with van der Waals surface area (Å²) in [6.45, 7) is 0. The van der Waals surface area contributed by atoms with Gasteiger partial charge in [0.1, 0.15) is 0 Å². The molecule has 0 bridgehead atoms. The quantitative estimate of drug-likeness (QED) is 0.768. The van der Waals surface area contributed by atoms with Crippen LogP contribution in [0.2, 0.25) is 0 Å². The van der Waals surface area contributed by atoms with Crippen LogP contribution in [-0.2, 0) is 4.74 Å². The lowest BCUT2D eigenvalue weighted by molar-refractivity contribution is 0.0551. The molecule has 1 heterocycles. The normalized spacial score (nSPS) is 30.7. The monoisotopic (exact) mass is 264 g/mol. The number of nitrogens with zero attached hydrogens (tertiary/aromatic N) is 2. The maximum Gasteiger partial charge on any atom is 0.396 e. The lowest BCUT2D eigenvalue weighted by Crippen LogP contribution is -2.26. The fourth-order valence-corrected chi connectivity index (χ4v) is 3.67. The number of esters is 1. The molecule has 3 rings (SSSR count). The van der Waals surface area contributed by atoms with Crippen LogP contribution in [0.3, 0.4) is 0 Å². The van der Waals surface area contributed by atoms with E-state index in [1.807, 2.05) is 0 Å². The molecule has 0 aromatic carbocycles. The molecule has 0 radical (unpaired) electrons. The third kappa shape index (κ3) is 2.51. The molecule has 0 saturated heterocycles. The van der Waals surface area contributed by atoms with Crippen LogP contribution in [0.25, 0.3) is 0 Å². The summed E-state index contributed by atoms with van der Waals surface area (Å²) >= 11 is 0. The van der Waals surface area contributed by atoms with Crippen LogP contribution in [0.5, 0.6) is 0 Å². The summed E-state index contributed by atoms with van der Waals surface area (Å²) in [5.41, 5.74) is 0. The van der Waals surface area contributed by atoms with Crippen LogP contribution >= 0.6 is 0 Å².